The Hall–Kier alpha value is -0.0800. The maximum absolute atomic E-state index is 9.75. The van der Waals surface area contributed by atoms with Crippen molar-refractivity contribution >= 4 is 0 Å². The first-order valence-electron chi connectivity index (χ1n) is 5.85. The molecule has 1 saturated heterocycles. The highest BCUT2D eigenvalue weighted by Gasteiger charge is 2.36. The smallest absolute Gasteiger partial charge is 0.0718 e. The first-order valence-corrected chi connectivity index (χ1v) is 5.85. The van der Waals surface area contributed by atoms with Gasteiger partial charge in [-0.05, 0) is 45.1 Å². The van der Waals surface area contributed by atoms with Crippen molar-refractivity contribution in [2.75, 3.05) is 19.6 Å². The van der Waals surface area contributed by atoms with Crippen LogP contribution >= 0.6 is 0 Å². The SMILES string of the molecule is CCC1(CC)CCN(CC(C)(C)O)C1. The number of hydrogen-bond acceptors (Lipinski definition) is 2. The number of rotatable bonds is 4. The molecule has 1 N–H and O–H groups in total. The molecular formula is C12H25NO. The van der Waals surface area contributed by atoms with Crippen molar-refractivity contribution in [2.24, 2.45) is 5.41 Å². The highest BCUT2D eigenvalue weighted by Crippen LogP contribution is 2.37. The molecule has 0 bridgehead atoms. The summed E-state index contributed by atoms with van der Waals surface area (Å²) in [4.78, 5) is 2.41. The number of hydrogen-bond donors (Lipinski definition) is 1. The summed E-state index contributed by atoms with van der Waals surface area (Å²) in [7, 11) is 0. The largest absolute Gasteiger partial charge is 0.389 e. The number of likely N-dealkylation sites (tertiary alicyclic amines) is 1. The standard InChI is InChI=1S/C12H25NO/c1-5-12(6-2)7-8-13(10-12)9-11(3,4)14/h14H,5-10H2,1-4H3. The van der Waals surface area contributed by atoms with Crippen molar-refractivity contribution in [2.45, 2.75) is 52.6 Å². The predicted octanol–water partition coefficient (Wildman–Crippen LogP) is 2.27. The fourth-order valence-corrected chi connectivity index (χ4v) is 2.54. The van der Waals surface area contributed by atoms with Crippen LogP contribution in [0.4, 0.5) is 0 Å². The summed E-state index contributed by atoms with van der Waals surface area (Å²) in [5, 5.41) is 9.75. The third-order valence-electron chi connectivity index (χ3n) is 3.63. The molecule has 0 aromatic heterocycles. The van der Waals surface area contributed by atoms with Gasteiger partial charge in [-0.25, -0.2) is 0 Å². The topological polar surface area (TPSA) is 23.5 Å². The lowest BCUT2D eigenvalue weighted by Crippen LogP contribution is -2.38. The van der Waals surface area contributed by atoms with Crippen molar-refractivity contribution < 1.29 is 5.11 Å². The summed E-state index contributed by atoms with van der Waals surface area (Å²) in [5.41, 5.74) is -0.0111. The summed E-state index contributed by atoms with van der Waals surface area (Å²) in [6, 6.07) is 0. The molecule has 0 spiro atoms. The Labute approximate surface area is 88.3 Å². The Morgan fingerprint density at radius 2 is 1.86 bits per heavy atom. The first kappa shape index (κ1) is 12.0. The molecule has 0 atom stereocenters. The average Bonchev–Trinajstić information content (AvgIpc) is 2.46. The van der Waals surface area contributed by atoms with E-state index in [9.17, 15) is 5.11 Å². The van der Waals surface area contributed by atoms with E-state index in [-0.39, 0.29) is 0 Å². The molecule has 0 aliphatic carbocycles. The van der Waals surface area contributed by atoms with Gasteiger partial charge in [0.1, 0.15) is 0 Å². The van der Waals surface area contributed by atoms with Gasteiger partial charge in [-0.1, -0.05) is 13.8 Å². The summed E-state index contributed by atoms with van der Waals surface area (Å²) < 4.78 is 0. The van der Waals surface area contributed by atoms with Crippen molar-refractivity contribution in [1.29, 1.82) is 0 Å². The third-order valence-corrected chi connectivity index (χ3v) is 3.63. The zero-order valence-corrected chi connectivity index (χ0v) is 10.1. The van der Waals surface area contributed by atoms with Crippen LogP contribution < -0.4 is 0 Å². The Kier molecular flexibility index (Phi) is 3.59. The van der Waals surface area contributed by atoms with E-state index in [1.54, 1.807) is 0 Å². The van der Waals surface area contributed by atoms with Gasteiger partial charge < -0.3 is 5.11 Å². The van der Waals surface area contributed by atoms with E-state index >= 15 is 0 Å². The zero-order valence-electron chi connectivity index (χ0n) is 10.1. The minimum Gasteiger partial charge on any atom is -0.389 e. The lowest BCUT2D eigenvalue weighted by atomic mass is 9.82. The third kappa shape index (κ3) is 2.96. The van der Waals surface area contributed by atoms with Gasteiger partial charge in [0.15, 0.2) is 0 Å². The van der Waals surface area contributed by atoms with Gasteiger partial charge in [-0.3, -0.25) is 4.90 Å². The molecule has 2 heteroatoms. The minimum atomic E-state index is -0.544. The van der Waals surface area contributed by atoms with Crippen LogP contribution in [0.1, 0.15) is 47.0 Å². The normalized spacial score (nSPS) is 22.9. The van der Waals surface area contributed by atoms with Gasteiger partial charge in [-0.15, -0.1) is 0 Å². The molecule has 0 aromatic carbocycles. The van der Waals surface area contributed by atoms with Crippen LogP contribution in [0.2, 0.25) is 0 Å². The summed E-state index contributed by atoms with van der Waals surface area (Å²) >= 11 is 0. The average molecular weight is 199 g/mol. The molecule has 0 aromatic rings. The molecule has 1 rings (SSSR count). The predicted molar refractivity (Wildman–Crippen MR) is 60.4 cm³/mol. The Morgan fingerprint density at radius 3 is 2.21 bits per heavy atom. The van der Waals surface area contributed by atoms with Crippen molar-refractivity contribution in [3.8, 4) is 0 Å². The lowest BCUT2D eigenvalue weighted by Gasteiger charge is -2.29. The van der Waals surface area contributed by atoms with Gasteiger partial charge in [0.2, 0.25) is 0 Å². The Balaban J connectivity index is 2.48. The molecular weight excluding hydrogens is 174 g/mol. The van der Waals surface area contributed by atoms with Crippen LogP contribution in [-0.2, 0) is 0 Å². The quantitative estimate of drug-likeness (QED) is 0.751. The summed E-state index contributed by atoms with van der Waals surface area (Å²) in [5.74, 6) is 0. The van der Waals surface area contributed by atoms with E-state index in [1.807, 2.05) is 13.8 Å². The Bertz CT molecular complexity index is 179. The van der Waals surface area contributed by atoms with E-state index in [1.165, 1.54) is 25.8 Å². The van der Waals surface area contributed by atoms with Gasteiger partial charge in [0.05, 0.1) is 5.60 Å². The molecule has 1 aliphatic rings. The van der Waals surface area contributed by atoms with Crippen LogP contribution in [0.3, 0.4) is 0 Å². The molecule has 1 aliphatic heterocycles. The maximum atomic E-state index is 9.75. The van der Waals surface area contributed by atoms with Crippen molar-refractivity contribution in [3.63, 3.8) is 0 Å². The molecule has 0 unspecified atom stereocenters. The molecule has 0 amide bonds. The van der Waals surface area contributed by atoms with E-state index < -0.39 is 5.60 Å². The summed E-state index contributed by atoms with van der Waals surface area (Å²) in [6.45, 7) is 11.5. The molecule has 2 nitrogen and oxygen atoms in total. The van der Waals surface area contributed by atoms with Crippen LogP contribution in [0.25, 0.3) is 0 Å². The first-order chi connectivity index (χ1) is 6.41. The van der Waals surface area contributed by atoms with Crippen LogP contribution in [0, 0.1) is 5.41 Å². The second-order valence-electron chi connectivity index (χ2n) is 5.48. The highest BCUT2D eigenvalue weighted by molar-refractivity contribution is 4.89. The maximum Gasteiger partial charge on any atom is 0.0718 e. The van der Waals surface area contributed by atoms with Crippen LogP contribution in [0.15, 0.2) is 0 Å². The van der Waals surface area contributed by atoms with Gasteiger partial charge >= 0.3 is 0 Å². The van der Waals surface area contributed by atoms with Crippen LogP contribution in [0.5, 0.6) is 0 Å². The zero-order chi connectivity index (χ0) is 10.8. The van der Waals surface area contributed by atoms with Gasteiger partial charge in [0.25, 0.3) is 0 Å². The van der Waals surface area contributed by atoms with E-state index in [4.69, 9.17) is 0 Å². The molecule has 1 fully saturated rings. The molecule has 14 heavy (non-hydrogen) atoms. The van der Waals surface area contributed by atoms with E-state index in [0.717, 1.165) is 13.1 Å². The number of nitrogens with zero attached hydrogens (tertiary/aromatic N) is 1. The second-order valence-corrected chi connectivity index (χ2v) is 5.48. The number of aliphatic hydroxyl groups is 1. The van der Waals surface area contributed by atoms with E-state index in [2.05, 4.69) is 18.7 Å². The van der Waals surface area contributed by atoms with Crippen molar-refractivity contribution in [1.82, 2.24) is 4.90 Å². The molecule has 84 valence electrons. The fourth-order valence-electron chi connectivity index (χ4n) is 2.54. The second kappa shape index (κ2) is 4.19. The molecule has 0 radical (unpaired) electrons. The van der Waals surface area contributed by atoms with Crippen molar-refractivity contribution in [3.05, 3.63) is 0 Å². The number of β-amino-alcohol motifs (C(OH)–C–C–N with tert-alkyl or cyclic N) is 1. The Morgan fingerprint density at radius 1 is 1.29 bits per heavy atom. The minimum absolute atomic E-state index is 0.533. The lowest BCUT2D eigenvalue weighted by molar-refractivity contribution is 0.0398. The molecule has 1 heterocycles. The van der Waals surface area contributed by atoms with Crippen LogP contribution in [-0.4, -0.2) is 35.2 Å². The fraction of sp³-hybridized carbons (Fsp3) is 1.00. The van der Waals surface area contributed by atoms with Gasteiger partial charge in [0, 0.05) is 13.1 Å². The molecule has 0 saturated carbocycles. The summed E-state index contributed by atoms with van der Waals surface area (Å²) in [6.07, 6.45) is 3.84. The highest BCUT2D eigenvalue weighted by atomic mass is 16.3. The van der Waals surface area contributed by atoms with E-state index in [0.29, 0.717) is 5.41 Å². The van der Waals surface area contributed by atoms with Gasteiger partial charge in [-0.2, -0.15) is 0 Å². The monoisotopic (exact) mass is 199 g/mol.